The van der Waals surface area contributed by atoms with E-state index in [-0.39, 0.29) is 24.1 Å². The standard InChI is InChI=1S/C21H19FN4O2S/c22-17-8-6-15(7-9-17)19-23-21(29-25-19)24-20(28)16-12-18(27)26(13-16)11-10-14-4-2-1-3-5-14/h1-9,16H,10-13H2,(H,23,24,25,28). The average molecular weight is 410 g/mol. The molecule has 4 rings (SSSR count). The van der Waals surface area contributed by atoms with E-state index in [0.717, 1.165) is 23.5 Å². The van der Waals surface area contributed by atoms with Crippen molar-refractivity contribution in [3.63, 3.8) is 0 Å². The van der Waals surface area contributed by atoms with Crippen molar-refractivity contribution in [2.45, 2.75) is 12.8 Å². The highest BCUT2D eigenvalue weighted by Gasteiger charge is 2.34. The molecule has 1 N–H and O–H groups in total. The third-order valence-electron chi connectivity index (χ3n) is 4.86. The summed E-state index contributed by atoms with van der Waals surface area (Å²) in [5, 5.41) is 3.12. The lowest BCUT2D eigenvalue weighted by molar-refractivity contribution is -0.128. The van der Waals surface area contributed by atoms with Crippen molar-refractivity contribution in [3.05, 3.63) is 66.0 Å². The van der Waals surface area contributed by atoms with Gasteiger partial charge < -0.3 is 10.2 Å². The fourth-order valence-electron chi connectivity index (χ4n) is 3.27. The molecule has 6 nitrogen and oxygen atoms in total. The average Bonchev–Trinajstić information content (AvgIpc) is 3.34. The van der Waals surface area contributed by atoms with Crippen molar-refractivity contribution in [2.24, 2.45) is 5.92 Å². The van der Waals surface area contributed by atoms with Crippen LogP contribution in [-0.4, -0.2) is 39.2 Å². The maximum atomic E-state index is 13.0. The smallest absolute Gasteiger partial charge is 0.231 e. The topological polar surface area (TPSA) is 75.2 Å². The number of hydrogen-bond acceptors (Lipinski definition) is 5. The van der Waals surface area contributed by atoms with Gasteiger partial charge in [-0.1, -0.05) is 30.3 Å². The number of rotatable bonds is 6. The zero-order valence-electron chi connectivity index (χ0n) is 15.5. The van der Waals surface area contributed by atoms with Gasteiger partial charge in [0.15, 0.2) is 5.82 Å². The number of likely N-dealkylation sites (tertiary alicyclic amines) is 1. The number of carbonyl (C=O) groups excluding carboxylic acids is 2. The van der Waals surface area contributed by atoms with Gasteiger partial charge >= 0.3 is 0 Å². The van der Waals surface area contributed by atoms with E-state index < -0.39 is 5.92 Å². The first-order chi connectivity index (χ1) is 14.1. The second kappa shape index (κ2) is 8.48. The van der Waals surface area contributed by atoms with Gasteiger partial charge in [0.25, 0.3) is 0 Å². The number of anilines is 1. The molecule has 0 bridgehead atoms. The van der Waals surface area contributed by atoms with E-state index >= 15 is 0 Å². The van der Waals surface area contributed by atoms with E-state index in [1.54, 1.807) is 17.0 Å². The van der Waals surface area contributed by atoms with Gasteiger partial charge in [-0.25, -0.2) is 4.39 Å². The predicted molar refractivity (Wildman–Crippen MR) is 109 cm³/mol. The summed E-state index contributed by atoms with van der Waals surface area (Å²) < 4.78 is 17.2. The first kappa shape index (κ1) is 19.2. The molecule has 148 valence electrons. The van der Waals surface area contributed by atoms with Crippen LogP contribution >= 0.6 is 11.5 Å². The Labute approximate surface area is 171 Å². The molecule has 0 radical (unpaired) electrons. The van der Waals surface area contributed by atoms with Crippen LogP contribution in [0.5, 0.6) is 0 Å². The molecule has 0 aliphatic carbocycles. The first-order valence-electron chi connectivity index (χ1n) is 9.31. The molecule has 3 aromatic rings. The van der Waals surface area contributed by atoms with Crippen LogP contribution in [0.4, 0.5) is 9.52 Å². The number of carbonyl (C=O) groups is 2. The summed E-state index contributed by atoms with van der Waals surface area (Å²) in [6.45, 7) is 1.00. The van der Waals surface area contributed by atoms with Crippen molar-refractivity contribution in [1.82, 2.24) is 14.3 Å². The Morgan fingerprint density at radius 2 is 1.93 bits per heavy atom. The first-order valence-corrected chi connectivity index (χ1v) is 10.1. The molecular weight excluding hydrogens is 391 g/mol. The molecule has 1 aliphatic heterocycles. The Balaban J connectivity index is 1.33. The van der Waals surface area contributed by atoms with E-state index in [9.17, 15) is 14.0 Å². The molecule has 0 saturated carbocycles. The SMILES string of the molecule is O=C(Nc1nc(-c2ccc(F)cc2)ns1)C1CC(=O)N(CCc2ccccc2)C1. The zero-order valence-corrected chi connectivity index (χ0v) is 16.4. The van der Waals surface area contributed by atoms with Crippen LogP contribution < -0.4 is 5.32 Å². The number of aromatic nitrogens is 2. The molecule has 1 fully saturated rings. The molecule has 2 amide bonds. The van der Waals surface area contributed by atoms with Crippen LogP contribution in [0, 0.1) is 11.7 Å². The van der Waals surface area contributed by atoms with Crippen LogP contribution in [0.25, 0.3) is 11.4 Å². The van der Waals surface area contributed by atoms with Crippen molar-refractivity contribution < 1.29 is 14.0 Å². The molecule has 1 saturated heterocycles. The van der Waals surface area contributed by atoms with Gasteiger partial charge in [0.1, 0.15) is 5.82 Å². The molecule has 1 atom stereocenters. The van der Waals surface area contributed by atoms with Crippen LogP contribution in [0.1, 0.15) is 12.0 Å². The normalized spacial score (nSPS) is 16.2. The highest BCUT2D eigenvalue weighted by Crippen LogP contribution is 2.24. The van der Waals surface area contributed by atoms with Gasteiger partial charge in [0.05, 0.1) is 5.92 Å². The number of hydrogen-bond donors (Lipinski definition) is 1. The number of amides is 2. The molecular formula is C21H19FN4O2S. The summed E-state index contributed by atoms with van der Waals surface area (Å²) in [4.78, 5) is 30.9. The van der Waals surface area contributed by atoms with Crippen LogP contribution in [-0.2, 0) is 16.0 Å². The van der Waals surface area contributed by atoms with E-state index in [1.807, 2.05) is 30.3 Å². The highest BCUT2D eigenvalue weighted by atomic mass is 32.1. The minimum absolute atomic E-state index is 0.00894. The second-order valence-corrected chi connectivity index (χ2v) is 7.65. The fraction of sp³-hybridized carbons (Fsp3) is 0.238. The highest BCUT2D eigenvalue weighted by molar-refractivity contribution is 7.10. The molecule has 1 unspecified atom stereocenters. The molecule has 2 heterocycles. The zero-order chi connectivity index (χ0) is 20.2. The quantitative estimate of drug-likeness (QED) is 0.676. The second-order valence-electron chi connectivity index (χ2n) is 6.90. The van der Waals surface area contributed by atoms with E-state index in [1.165, 1.54) is 12.1 Å². The third-order valence-corrected chi connectivity index (χ3v) is 5.49. The van der Waals surface area contributed by atoms with Crippen molar-refractivity contribution in [2.75, 3.05) is 18.4 Å². The van der Waals surface area contributed by atoms with Gasteiger partial charge in [-0.05, 0) is 36.2 Å². The van der Waals surface area contributed by atoms with Crippen molar-refractivity contribution in [1.29, 1.82) is 0 Å². The Morgan fingerprint density at radius 3 is 2.69 bits per heavy atom. The molecule has 1 aromatic heterocycles. The van der Waals surface area contributed by atoms with Gasteiger partial charge in [0.2, 0.25) is 16.9 Å². The Bertz CT molecular complexity index is 1010. The molecule has 1 aliphatic rings. The van der Waals surface area contributed by atoms with Crippen molar-refractivity contribution >= 4 is 28.5 Å². The Kier molecular flexibility index (Phi) is 5.62. The molecule has 29 heavy (non-hydrogen) atoms. The van der Waals surface area contributed by atoms with Gasteiger partial charge in [-0.3, -0.25) is 9.59 Å². The largest absolute Gasteiger partial charge is 0.342 e. The van der Waals surface area contributed by atoms with Crippen LogP contribution in [0.2, 0.25) is 0 Å². The van der Waals surface area contributed by atoms with Crippen molar-refractivity contribution in [3.8, 4) is 11.4 Å². The minimum atomic E-state index is -0.406. The lowest BCUT2D eigenvalue weighted by atomic mass is 10.1. The summed E-state index contributed by atoms with van der Waals surface area (Å²) >= 11 is 1.06. The van der Waals surface area contributed by atoms with Gasteiger partial charge in [-0.2, -0.15) is 9.36 Å². The van der Waals surface area contributed by atoms with E-state index in [0.29, 0.717) is 29.6 Å². The predicted octanol–water partition coefficient (Wildman–Crippen LogP) is 3.37. The van der Waals surface area contributed by atoms with Crippen LogP contribution in [0.3, 0.4) is 0 Å². The number of benzene rings is 2. The molecule has 0 spiro atoms. The lowest BCUT2D eigenvalue weighted by Crippen LogP contribution is -2.30. The minimum Gasteiger partial charge on any atom is -0.342 e. The summed E-state index contributed by atoms with van der Waals surface area (Å²) in [7, 11) is 0. The van der Waals surface area contributed by atoms with E-state index in [2.05, 4.69) is 14.7 Å². The summed E-state index contributed by atoms with van der Waals surface area (Å²) in [5.74, 6) is -0.554. The number of halogens is 1. The molecule has 2 aromatic carbocycles. The summed E-state index contributed by atoms with van der Waals surface area (Å²) in [6, 6.07) is 15.8. The Morgan fingerprint density at radius 1 is 1.17 bits per heavy atom. The summed E-state index contributed by atoms with van der Waals surface area (Å²) in [5.41, 5.74) is 1.83. The third kappa shape index (κ3) is 4.65. The monoisotopic (exact) mass is 410 g/mol. The van der Waals surface area contributed by atoms with Crippen LogP contribution in [0.15, 0.2) is 54.6 Å². The lowest BCUT2D eigenvalue weighted by Gasteiger charge is -2.16. The maximum absolute atomic E-state index is 13.0. The number of nitrogens with one attached hydrogen (secondary N) is 1. The van der Waals surface area contributed by atoms with E-state index in [4.69, 9.17) is 0 Å². The molecule has 8 heteroatoms. The Hall–Kier alpha value is -3.13. The van der Waals surface area contributed by atoms with Gasteiger partial charge in [0, 0.05) is 36.6 Å². The number of nitrogens with zero attached hydrogens (tertiary/aromatic N) is 3. The maximum Gasteiger partial charge on any atom is 0.231 e. The van der Waals surface area contributed by atoms with Gasteiger partial charge in [-0.15, -0.1) is 0 Å². The summed E-state index contributed by atoms with van der Waals surface area (Å²) in [6.07, 6.45) is 0.961. The fourth-order valence-corrected chi connectivity index (χ4v) is 3.86.